The Morgan fingerprint density at radius 1 is 1.09 bits per heavy atom. The van der Waals surface area contributed by atoms with E-state index in [0.717, 1.165) is 24.3 Å². The zero-order chi connectivity index (χ0) is 25.9. The lowest BCUT2D eigenvalue weighted by Gasteiger charge is -2.31. The second kappa shape index (κ2) is 9.95. The molecule has 2 aromatic rings. The van der Waals surface area contributed by atoms with Crippen LogP contribution in [-0.2, 0) is 40.4 Å². The molecule has 0 aliphatic heterocycles. The summed E-state index contributed by atoms with van der Waals surface area (Å²) in [7, 11) is -3.40. The first-order chi connectivity index (χ1) is 15.5. The van der Waals surface area contributed by atoms with Gasteiger partial charge in [0.2, 0.25) is 0 Å². The molecule has 0 fully saturated rings. The molecule has 2 aromatic carbocycles. The van der Waals surface area contributed by atoms with Gasteiger partial charge in [0.15, 0.2) is 5.60 Å². The Balaban J connectivity index is 2.42. The number of anilines is 1. The summed E-state index contributed by atoms with van der Waals surface area (Å²) in [5.41, 5.74) is -5.06. The highest BCUT2D eigenvalue weighted by atomic mass is 32.8. The zero-order valence-corrected chi connectivity index (χ0v) is 20.3. The molecule has 2 atom stereocenters. The summed E-state index contributed by atoms with van der Waals surface area (Å²) >= 11 is 5.20. The number of rotatable bonds is 7. The zero-order valence-electron chi connectivity index (χ0n) is 18.7. The van der Waals surface area contributed by atoms with E-state index in [4.69, 9.17) is 26.2 Å². The first-order valence-corrected chi connectivity index (χ1v) is 12.4. The Kier molecular flexibility index (Phi) is 8.09. The fourth-order valence-electron chi connectivity index (χ4n) is 2.65. The van der Waals surface area contributed by atoms with Crippen molar-refractivity contribution in [1.29, 1.82) is 5.26 Å². The van der Waals surface area contributed by atoms with Crippen LogP contribution in [0.4, 0.5) is 23.2 Å². The average Bonchev–Trinajstić information content (AvgIpc) is 2.71. The maximum atomic E-state index is 13.3. The number of alkyl halides is 3. The SMILES string of the molecule is CC(C)(C)OOC(C)(CS(=O)(=S)c1ccc(F)cc1)C(=O)Nc1ccc(C#N)c(C(F)(F)F)c1. The quantitative estimate of drug-likeness (QED) is 0.317. The Hall–Kier alpha value is -2.59. The van der Waals surface area contributed by atoms with Crippen molar-refractivity contribution in [2.24, 2.45) is 0 Å². The standard InChI is InChI=1S/C22H22F4N2O4S2/c1-20(2,3)31-32-21(4,13-34(30,33)17-9-6-15(23)7-10-17)19(29)28-16-8-5-14(12-27)18(11-16)22(24,25)26/h5-11H,13H2,1-4H3,(H,28,29). The number of nitriles is 1. The third-order valence-corrected chi connectivity index (χ3v) is 7.15. The summed E-state index contributed by atoms with van der Waals surface area (Å²) in [5.74, 6) is -2.18. The van der Waals surface area contributed by atoms with Crippen LogP contribution in [0.3, 0.4) is 0 Å². The van der Waals surface area contributed by atoms with Crippen molar-refractivity contribution in [3.05, 3.63) is 59.4 Å². The van der Waals surface area contributed by atoms with Crippen LogP contribution in [0.2, 0.25) is 0 Å². The summed E-state index contributed by atoms with van der Waals surface area (Å²) in [6.07, 6.45) is -4.83. The molecule has 1 N–H and O–H groups in total. The van der Waals surface area contributed by atoms with Gasteiger partial charge in [-0.2, -0.15) is 18.4 Å². The number of halogens is 4. The highest BCUT2D eigenvalue weighted by molar-refractivity contribution is 8.33. The van der Waals surface area contributed by atoms with Gasteiger partial charge in [0.25, 0.3) is 5.91 Å². The van der Waals surface area contributed by atoms with Crippen molar-refractivity contribution in [2.45, 2.75) is 50.0 Å². The minimum atomic E-state index is -4.83. The van der Waals surface area contributed by atoms with E-state index < -0.39 is 54.5 Å². The molecule has 0 heterocycles. The van der Waals surface area contributed by atoms with Crippen LogP contribution < -0.4 is 5.32 Å². The summed E-state index contributed by atoms with van der Waals surface area (Å²) in [4.78, 5) is 23.8. The van der Waals surface area contributed by atoms with Gasteiger partial charge < -0.3 is 5.32 Å². The largest absolute Gasteiger partial charge is 0.417 e. The van der Waals surface area contributed by atoms with Gasteiger partial charge in [0.1, 0.15) is 5.82 Å². The monoisotopic (exact) mass is 518 g/mol. The number of amides is 1. The van der Waals surface area contributed by atoms with Gasteiger partial charge in [0, 0.05) is 10.6 Å². The molecule has 2 unspecified atom stereocenters. The van der Waals surface area contributed by atoms with Crippen molar-refractivity contribution in [3.63, 3.8) is 0 Å². The summed E-state index contributed by atoms with van der Waals surface area (Å²) in [6.45, 7) is 6.07. The fourth-order valence-corrected chi connectivity index (χ4v) is 5.28. The number of hydrogen-bond donors (Lipinski definition) is 1. The van der Waals surface area contributed by atoms with E-state index >= 15 is 0 Å². The summed E-state index contributed by atoms with van der Waals surface area (Å²) in [5, 5.41) is 11.2. The van der Waals surface area contributed by atoms with E-state index in [9.17, 15) is 26.6 Å². The molecule has 0 spiro atoms. The van der Waals surface area contributed by atoms with E-state index in [-0.39, 0.29) is 10.6 Å². The molecule has 0 saturated heterocycles. The molecule has 1 amide bonds. The molecule has 0 bridgehead atoms. The Morgan fingerprint density at radius 2 is 1.68 bits per heavy atom. The number of benzene rings is 2. The van der Waals surface area contributed by atoms with Crippen molar-refractivity contribution < 1.29 is 36.3 Å². The lowest BCUT2D eigenvalue weighted by Crippen LogP contribution is -2.49. The van der Waals surface area contributed by atoms with Crippen LogP contribution in [0.25, 0.3) is 0 Å². The number of carbonyl (C=O) groups excluding carboxylic acids is 1. The molecule has 6 nitrogen and oxygen atoms in total. The molecular weight excluding hydrogens is 496 g/mol. The molecule has 184 valence electrons. The van der Waals surface area contributed by atoms with Crippen LogP contribution >= 0.6 is 0 Å². The van der Waals surface area contributed by atoms with E-state index in [1.165, 1.54) is 25.1 Å². The van der Waals surface area contributed by atoms with Crippen molar-refractivity contribution in [1.82, 2.24) is 0 Å². The van der Waals surface area contributed by atoms with E-state index in [0.29, 0.717) is 6.07 Å². The van der Waals surface area contributed by atoms with Crippen molar-refractivity contribution in [2.75, 3.05) is 11.1 Å². The van der Waals surface area contributed by atoms with Crippen molar-refractivity contribution >= 4 is 31.3 Å². The van der Waals surface area contributed by atoms with Gasteiger partial charge in [0.05, 0.1) is 37.0 Å². The Labute approximate surface area is 199 Å². The first kappa shape index (κ1) is 27.7. The maximum absolute atomic E-state index is 13.3. The molecule has 34 heavy (non-hydrogen) atoms. The number of nitrogens with one attached hydrogen (secondary N) is 1. The molecular formula is C22H22F4N2O4S2. The van der Waals surface area contributed by atoms with E-state index in [1.54, 1.807) is 20.8 Å². The van der Waals surface area contributed by atoms with Gasteiger partial charge in [-0.05, 0) is 81.3 Å². The minimum absolute atomic E-state index is 0.0695. The number of nitrogens with zero attached hydrogens (tertiary/aromatic N) is 1. The molecule has 12 heteroatoms. The lowest BCUT2D eigenvalue weighted by molar-refractivity contribution is -0.385. The summed E-state index contributed by atoms with van der Waals surface area (Å²) in [6, 6.07) is 8.61. The predicted octanol–water partition coefficient (Wildman–Crippen LogP) is 4.97. The second-order valence-electron chi connectivity index (χ2n) is 8.55. The normalized spacial score (nSPS) is 15.6. The molecule has 0 aliphatic rings. The smallest absolute Gasteiger partial charge is 0.323 e. The van der Waals surface area contributed by atoms with Crippen LogP contribution in [0.15, 0.2) is 47.4 Å². The number of carbonyl (C=O) groups is 1. The maximum Gasteiger partial charge on any atom is 0.417 e. The topological polar surface area (TPSA) is 88.4 Å². The van der Waals surface area contributed by atoms with E-state index in [1.807, 2.05) is 0 Å². The third-order valence-electron chi connectivity index (χ3n) is 4.30. The first-order valence-electron chi connectivity index (χ1n) is 9.75. The summed E-state index contributed by atoms with van der Waals surface area (Å²) < 4.78 is 66.4. The van der Waals surface area contributed by atoms with Crippen LogP contribution in [0.5, 0.6) is 0 Å². The van der Waals surface area contributed by atoms with Gasteiger partial charge in [-0.25, -0.2) is 14.2 Å². The van der Waals surface area contributed by atoms with Gasteiger partial charge in [-0.1, -0.05) is 0 Å². The fraction of sp³-hybridized carbons (Fsp3) is 0.364. The molecule has 2 rings (SSSR count). The predicted molar refractivity (Wildman–Crippen MR) is 120 cm³/mol. The van der Waals surface area contributed by atoms with Crippen molar-refractivity contribution in [3.8, 4) is 6.07 Å². The molecule has 0 aromatic heterocycles. The molecule has 0 aliphatic carbocycles. The Morgan fingerprint density at radius 3 is 2.18 bits per heavy atom. The van der Waals surface area contributed by atoms with Gasteiger partial charge >= 0.3 is 6.18 Å². The highest BCUT2D eigenvalue weighted by Gasteiger charge is 2.42. The third kappa shape index (κ3) is 7.20. The average molecular weight is 519 g/mol. The van der Waals surface area contributed by atoms with E-state index in [2.05, 4.69) is 5.32 Å². The highest BCUT2D eigenvalue weighted by Crippen LogP contribution is 2.34. The van der Waals surface area contributed by atoms with Gasteiger partial charge in [-0.15, -0.1) is 0 Å². The molecule has 0 radical (unpaired) electrons. The lowest BCUT2D eigenvalue weighted by atomic mass is 10.1. The number of hydrogen-bond acceptors (Lipinski definition) is 6. The van der Waals surface area contributed by atoms with Crippen LogP contribution in [0, 0.1) is 17.1 Å². The Bertz CT molecular complexity index is 1200. The second-order valence-corrected chi connectivity index (χ2v) is 12.2. The van der Waals surface area contributed by atoms with Crippen LogP contribution in [-0.4, -0.2) is 27.1 Å². The van der Waals surface area contributed by atoms with Gasteiger partial charge in [-0.3, -0.25) is 9.00 Å². The van der Waals surface area contributed by atoms with Crippen LogP contribution in [0.1, 0.15) is 38.8 Å². The molecule has 0 saturated carbocycles. The minimum Gasteiger partial charge on any atom is -0.323 e.